The summed E-state index contributed by atoms with van der Waals surface area (Å²) in [7, 11) is 0. The predicted molar refractivity (Wildman–Crippen MR) is 65.9 cm³/mol. The number of aromatic amines is 1. The number of carboxylic acid groups (broad SMARTS) is 1. The van der Waals surface area contributed by atoms with Crippen LogP contribution < -0.4 is 0 Å². The standard InChI is InChI=1S/C12H17N3O4/c1-8(12(17)18)9(15-4-6-19-7-5-15)10(16)11-13-2-3-14-11/h2-3,8-9H,4-7H2,1H3,(H,13,14)(H,17,18). The number of imidazole rings is 1. The van der Waals surface area contributed by atoms with Crippen LogP contribution in [0.25, 0.3) is 0 Å². The van der Waals surface area contributed by atoms with E-state index in [0.717, 1.165) is 0 Å². The van der Waals surface area contributed by atoms with Crippen LogP contribution >= 0.6 is 0 Å². The lowest BCUT2D eigenvalue weighted by Gasteiger charge is -2.35. The third-order valence-corrected chi connectivity index (χ3v) is 3.30. The fourth-order valence-corrected chi connectivity index (χ4v) is 2.24. The molecule has 0 radical (unpaired) electrons. The number of nitrogens with zero attached hydrogens (tertiary/aromatic N) is 2. The smallest absolute Gasteiger partial charge is 0.308 e. The molecule has 0 saturated carbocycles. The molecule has 0 amide bonds. The summed E-state index contributed by atoms with van der Waals surface area (Å²) in [5, 5.41) is 9.19. The van der Waals surface area contributed by atoms with E-state index in [9.17, 15) is 14.7 Å². The summed E-state index contributed by atoms with van der Waals surface area (Å²) in [5.41, 5.74) is 0. The van der Waals surface area contributed by atoms with E-state index in [2.05, 4.69) is 9.97 Å². The molecule has 2 N–H and O–H groups in total. The van der Waals surface area contributed by atoms with Crippen LogP contribution in [0.5, 0.6) is 0 Å². The summed E-state index contributed by atoms with van der Waals surface area (Å²) < 4.78 is 5.24. The molecule has 0 spiro atoms. The molecule has 2 unspecified atom stereocenters. The van der Waals surface area contributed by atoms with Crippen LogP contribution in [0.15, 0.2) is 12.4 Å². The minimum atomic E-state index is -0.989. The van der Waals surface area contributed by atoms with Gasteiger partial charge in [0.05, 0.1) is 25.2 Å². The van der Waals surface area contributed by atoms with E-state index in [1.54, 1.807) is 13.1 Å². The molecule has 1 fully saturated rings. The number of rotatable bonds is 5. The van der Waals surface area contributed by atoms with Gasteiger partial charge in [-0.15, -0.1) is 0 Å². The molecule has 2 heterocycles. The molecule has 0 bridgehead atoms. The number of morpholine rings is 1. The molecule has 1 saturated heterocycles. The highest BCUT2D eigenvalue weighted by Crippen LogP contribution is 2.17. The fraction of sp³-hybridized carbons (Fsp3) is 0.583. The highest BCUT2D eigenvalue weighted by molar-refractivity contribution is 5.99. The van der Waals surface area contributed by atoms with Gasteiger partial charge in [-0.2, -0.15) is 0 Å². The van der Waals surface area contributed by atoms with Crippen LogP contribution in [0.2, 0.25) is 0 Å². The maximum absolute atomic E-state index is 12.4. The Kier molecular flexibility index (Phi) is 4.28. The second-order valence-corrected chi connectivity index (χ2v) is 4.52. The van der Waals surface area contributed by atoms with E-state index in [4.69, 9.17) is 4.74 Å². The van der Waals surface area contributed by atoms with E-state index >= 15 is 0 Å². The molecule has 0 aliphatic carbocycles. The van der Waals surface area contributed by atoms with E-state index < -0.39 is 17.9 Å². The van der Waals surface area contributed by atoms with Gasteiger partial charge in [-0.1, -0.05) is 0 Å². The Balaban J connectivity index is 2.22. The first-order valence-electron chi connectivity index (χ1n) is 6.19. The Morgan fingerprint density at radius 3 is 2.68 bits per heavy atom. The van der Waals surface area contributed by atoms with Gasteiger partial charge in [-0.05, 0) is 6.92 Å². The third-order valence-electron chi connectivity index (χ3n) is 3.30. The number of Topliss-reactive ketones (excluding diaryl/α,β-unsaturated/α-hetero) is 1. The average Bonchev–Trinajstić information content (AvgIpc) is 2.93. The zero-order chi connectivity index (χ0) is 13.8. The monoisotopic (exact) mass is 267 g/mol. The number of aromatic nitrogens is 2. The van der Waals surface area contributed by atoms with Gasteiger partial charge in [0.1, 0.15) is 0 Å². The number of ether oxygens (including phenoxy) is 1. The van der Waals surface area contributed by atoms with Crippen LogP contribution in [-0.4, -0.2) is 64.1 Å². The van der Waals surface area contributed by atoms with Gasteiger partial charge in [0.25, 0.3) is 0 Å². The van der Waals surface area contributed by atoms with E-state index in [1.807, 2.05) is 4.90 Å². The quantitative estimate of drug-likeness (QED) is 0.730. The Bertz CT molecular complexity index is 440. The summed E-state index contributed by atoms with van der Waals surface area (Å²) >= 11 is 0. The molecule has 19 heavy (non-hydrogen) atoms. The predicted octanol–water partition coefficient (Wildman–Crippen LogP) is 0.0139. The Morgan fingerprint density at radius 2 is 2.16 bits per heavy atom. The van der Waals surface area contributed by atoms with Crippen LogP contribution in [0, 0.1) is 5.92 Å². The Labute approximate surface area is 110 Å². The summed E-state index contributed by atoms with van der Waals surface area (Å²) in [6.07, 6.45) is 3.03. The number of hydrogen-bond donors (Lipinski definition) is 2. The minimum absolute atomic E-state index is 0.199. The second-order valence-electron chi connectivity index (χ2n) is 4.52. The van der Waals surface area contributed by atoms with Gasteiger partial charge in [0.15, 0.2) is 5.82 Å². The SMILES string of the molecule is CC(C(=O)O)C(C(=O)c1ncc[nH]1)N1CCOCC1. The number of carboxylic acids is 1. The normalized spacial score (nSPS) is 19.8. The van der Waals surface area contributed by atoms with E-state index in [0.29, 0.717) is 26.3 Å². The van der Waals surface area contributed by atoms with Gasteiger partial charge in [-0.25, -0.2) is 4.98 Å². The molecular formula is C12H17N3O4. The van der Waals surface area contributed by atoms with Crippen molar-refractivity contribution in [3.05, 3.63) is 18.2 Å². The lowest BCUT2D eigenvalue weighted by Crippen LogP contribution is -2.52. The lowest BCUT2D eigenvalue weighted by atomic mass is 9.95. The minimum Gasteiger partial charge on any atom is -0.481 e. The number of ketones is 1. The van der Waals surface area contributed by atoms with Crippen molar-refractivity contribution >= 4 is 11.8 Å². The molecule has 2 atom stereocenters. The maximum atomic E-state index is 12.4. The van der Waals surface area contributed by atoms with Crippen molar-refractivity contribution in [1.82, 2.24) is 14.9 Å². The molecule has 1 aromatic heterocycles. The van der Waals surface area contributed by atoms with Gasteiger partial charge < -0.3 is 14.8 Å². The molecule has 1 aliphatic rings. The third kappa shape index (κ3) is 2.99. The molecule has 104 valence electrons. The van der Waals surface area contributed by atoms with Crippen molar-refractivity contribution in [2.45, 2.75) is 13.0 Å². The van der Waals surface area contributed by atoms with Gasteiger partial charge >= 0.3 is 5.97 Å². The van der Waals surface area contributed by atoms with E-state index in [-0.39, 0.29) is 11.6 Å². The highest BCUT2D eigenvalue weighted by Gasteiger charge is 2.37. The summed E-state index contributed by atoms with van der Waals surface area (Å²) in [5.74, 6) is -1.88. The van der Waals surface area contributed by atoms with Gasteiger partial charge in [0.2, 0.25) is 5.78 Å². The van der Waals surface area contributed by atoms with Crippen LogP contribution in [0.3, 0.4) is 0 Å². The zero-order valence-electron chi connectivity index (χ0n) is 10.7. The molecule has 1 aliphatic heterocycles. The highest BCUT2D eigenvalue weighted by atomic mass is 16.5. The Hall–Kier alpha value is -1.73. The number of hydrogen-bond acceptors (Lipinski definition) is 5. The topological polar surface area (TPSA) is 95.5 Å². The van der Waals surface area contributed by atoms with Crippen molar-refractivity contribution in [3.8, 4) is 0 Å². The van der Waals surface area contributed by atoms with Crippen molar-refractivity contribution in [1.29, 1.82) is 0 Å². The Morgan fingerprint density at radius 1 is 1.47 bits per heavy atom. The van der Waals surface area contributed by atoms with Gasteiger partial charge in [0, 0.05) is 25.5 Å². The first kappa shape index (κ1) is 13.7. The van der Waals surface area contributed by atoms with Crippen LogP contribution in [0.1, 0.15) is 17.5 Å². The molecule has 0 aromatic carbocycles. The molecule has 2 rings (SSSR count). The van der Waals surface area contributed by atoms with Crippen molar-refractivity contribution in [2.75, 3.05) is 26.3 Å². The van der Waals surface area contributed by atoms with Crippen molar-refractivity contribution < 1.29 is 19.4 Å². The second kappa shape index (κ2) is 5.94. The number of nitrogens with one attached hydrogen (secondary N) is 1. The van der Waals surface area contributed by atoms with Crippen LogP contribution in [-0.2, 0) is 9.53 Å². The number of aliphatic carboxylic acids is 1. The average molecular weight is 267 g/mol. The number of carbonyl (C=O) groups is 2. The summed E-state index contributed by atoms with van der Waals surface area (Å²) in [6, 6.07) is -0.715. The van der Waals surface area contributed by atoms with Crippen molar-refractivity contribution in [3.63, 3.8) is 0 Å². The number of H-pyrrole nitrogens is 1. The zero-order valence-corrected chi connectivity index (χ0v) is 10.7. The van der Waals surface area contributed by atoms with Crippen molar-refractivity contribution in [2.24, 2.45) is 5.92 Å². The first-order chi connectivity index (χ1) is 9.11. The largest absolute Gasteiger partial charge is 0.481 e. The summed E-state index contributed by atoms with van der Waals surface area (Å²) in [4.78, 5) is 32.1. The summed E-state index contributed by atoms with van der Waals surface area (Å²) in [6.45, 7) is 3.66. The van der Waals surface area contributed by atoms with Gasteiger partial charge in [-0.3, -0.25) is 14.5 Å². The first-order valence-corrected chi connectivity index (χ1v) is 6.19. The maximum Gasteiger partial charge on any atom is 0.308 e. The molecule has 7 nitrogen and oxygen atoms in total. The van der Waals surface area contributed by atoms with E-state index in [1.165, 1.54) is 6.20 Å². The fourth-order valence-electron chi connectivity index (χ4n) is 2.24. The molecule has 1 aromatic rings. The van der Waals surface area contributed by atoms with Crippen LogP contribution in [0.4, 0.5) is 0 Å². The lowest BCUT2D eigenvalue weighted by molar-refractivity contribution is -0.143. The molecular weight excluding hydrogens is 250 g/mol. The number of carbonyl (C=O) groups excluding carboxylic acids is 1. The molecule has 7 heteroatoms.